The molecule has 2 aliphatic rings. The van der Waals surface area contributed by atoms with Crippen LogP contribution in [0, 0.1) is 0 Å². The van der Waals surface area contributed by atoms with Crippen molar-refractivity contribution in [1.29, 1.82) is 0 Å². The van der Waals surface area contributed by atoms with E-state index in [1.807, 2.05) is 0 Å². The summed E-state index contributed by atoms with van der Waals surface area (Å²) in [5.41, 5.74) is 0.718. The number of carbonyl (C=O) groups is 2. The van der Waals surface area contributed by atoms with Crippen molar-refractivity contribution < 1.29 is 14.3 Å². The van der Waals surface area contributed by atoms with E-state index in [0.29, 0.717) is 27.8 Å². The standard InChI is InChI=1S/C19H21N3O3S/c1-11(23)20-12-2-5-14(6-3-12)25-18-9-8-17(26-18)19(24)22-16-10-13-4-7-15(16)21-13/h2-3,5-6,8-9,13,15-16,21H,4,7,10H2,1H3,(H,20,23)(H,22,24)/t13-,15+,16-/m1/s1. The van der Waals surface area contributed by atoms with Gasteiger partial charge in [-0.3, -0.25) is 9.59 Å². The van der Waals surface area contributed by atoms with Crippen molar-refractivity contribution in [2.24, 2.45) is 0 Å². The van der Waals surface area contributed by atoms with Crippen molar-refractivity contribution in [1.82, 2.24) is 10.6 Å². The predicted molar refractivity (Wildman–Crippen MR) is 101 cm³/mol. The van der Waals surface area contributed by atoms with Gasteiger partial charge in [0, 0.05) is 30.7 Å². The van der Waals surface area contributed by atoms with E-state index in [0.717, 1.165) is 18.5 Å². The van der Waals surface area contributed by atoms with Crippen molar-refractivity contribution in [3.05, 3.63) is 41.3 Å². The third-order valence-corrected chi connectivity index (χ3v) is 5.78. The molecule has 1 aromatic carbocycles. The third-order valence-electron chi connectivity index (χ3n) is 4.81. The van der Waals surface area contributed by atoms with Gasteiger partial charge >= 0.3 is 0 Å². The van der Waals surface area contributed by atoms with Gasteiger partial charge in [-0.25, -0.2) is 0 Å². The monoisotopic (exact) mass is 371 g/mol. The Morgan fingerprint density at radius 3 is 2.62 bits per heavy atom. The summed E-state index contributed by atoms with van der Waals surface area (Å²) in [6, 6.07) is 11.9. The molecular weight excluding hydrogens is 350 g/mol. The maximum absolute atomic E-state index is 12.5. The smallest absolute Gasteiger partial charge is 0.261 e. The molecule has 3 heterocycles. The minimum Gasteiger partial charge on any atom is -0.447 e. The first-order valence-corrected chi connectivity index (χ1v) is 9.61. The Bertz CT molecular complexity index is 818. The zero-order valence-electron chi connectivity index (χ0n) is 14.5. The highest BCUT2D eigenvalue weighted by atomic mass is 32.1. The lowest BCUT2D eigenvalue weighted by Crippen LogP contribution is -2.42. The Morgan fingerprint density at radius 2 is 1.96 bits per heavy atom. The Morgan fingerprint density at radius 1 is 1.15 bits per heavy atom. The highest BCUT2D eigenvalue weighted by molar-refractivity contribution is 7.15. The molecule has 0 saturated carbocycles. The van der Waals surface area contributed by atoms with Gasteiger partial charge in [0.1, 0.15) is 5.75 Å². The second-order valence-electron chi connectivity index (χ2n) is 6.79. The summed E-state index contributed by atoms with van der Waals surface area (Å²) < 4.78 is 5.80. The van der Waals surface area contributed by atoms with Crippen LogP contribution >= 0.6 is 11.3 Å². The molecule has 2 fully saturated rings. The summed E-state index contributed by atoms with van der Waals surface area (Å²) in [4.78, 5) is 24.2. The Hall–Kier alpha value is -2.38. The molecule has 2 bridgehead atoms. The summed E-state index contributed by atoms with van der Waals surface area (Å²) >= 11 is 1.33. The maximum Gasteiger partial charge on any atom is 0.261 e. The molecule has 2 aliphatic heterocycles. The van der Waals surface area contributed by atoms with E-state index in [1.165, 1.54) is 24.7 Å². The minimum absolute atomic E-state index is 0.0368. The van der Waals surface area contributed by atoms with Crippen LogP contribution in [-0.2, 0) is 4.79 Å². The average Bonchev–Trinajstić information content (AvgIpc) is 3.33. The molecule has 2 aromatic rings. The topological polar surface area (TPSA) is 79.5 Å². The highest BCUT2D eigenvalue weighted by Crippen LogP contribution is 2.32. The fourth-order valence-electron chi connectivity index (χ4n) is 3.65. The lowest BCUT2D eigenvalue weighted by Gasteiger charge is -2.20. The molecule has 0 unspecified atom stereocenters. The van der Waals surface area contributed by atoms with Gasteiger partial charge in [0.25, 0.3) is 5.91 Å². The second-order valence-corrected chi connectivity index (χ2v) is 7.84. The maximum atomic E-state index is 12.5. The van der Waals surface area contributed by atoms with Gasteiger partial charge in [-0.15, -0.1) is 0 Å². The molecule has 0 aliphatic carbocycles. The van der Waals surface area contributed by atoms with Crippen molar-refractivity contribution in [3.8, 4) is 10.8 Å². The number of ether oxygens (including phenoxy) is 1. The van der Waals surface area contributed by atoms with Crippen molar-refractivity contribution in [2.75, 3.05) is 5.32 Å². The summed E-state index contributed by atoms with van der Waals surface area (Å²) in [5, 5.41) is 10.0. The highest BCUT2D eigenvalue weighted by Gasteiger charge is 2.39. The summed E-state index contributed by atoms with van der Waals surface area (Å²) in [6.45, 7) is 1.47. The van der Waals surface area contributed by atoms with Crippen LogP contribution < -0.4 is 20.7 Å². The lowest BCUT2D eigenvalue weighted by atomic mass is 9.95. The Kier molecular flexibility index (Phi) is 4.65. The van der Waals surface area contributed by atoms with E-state index in [4.69, 9.17) is 4.74 Å². The van der Waals surface area contributed by atoms with Crippen molar-refractivity contribution in [3.63, 3.8) is 0 Å². The van der Waals surface area contributed by atoms with Crippen LogP contribution in [0.3, 0.4) is 0 Å². The molecule has 136 valence electrons. The fourth-order valence-corrected chi connectivity index (χ4v) is 4.42. The van der Waals surface area contributed by atoms with E-state index >= 15 is 0 Å². The zero-order chi connectivity index (χ0) is 18.1. The predicted octanol–water partition coefficient (Wildman–Crippen LogP) is 3.12. The van der Waals surface area contributed by atoms with Crippen LogP contribution in [0.1, 0.15) is 35.9 Å². The molecule has 6 nitrogen and oxygen atoms in total. The third kappa shape index (κ3) is 3.73. The van der Waals surface area contributed by atoms with E-state index in [-0.39, 0.29) is 17.9 Å². The number of amides is 2. The van der Waals surface area contributed by atoms with Gasteiger partial charge in [0.05, 0.1) is 4.88 Å². The average molecular weight is 371 g/mol. The molecule has 1 aromatic heterocycles. The second kappa shape index (κ2) is 7.09. The SMILES string of the molecule is CC(=O)Nc1ccc(Oc2ccc(C(=O)N[C@@H]3C[C@H]4CC[C@@H]3N4)s2)cc1. The molecule has 2 saturated heterocycles. The number of nitrogens with one attached hydrogen (secondary N) is 3. The molecule has 0 spiro atoms. The number of fused-ring (bicyclic) bond motifs is 2. The van der Waals surface area contributed by atoms with E-state index in [2.05, 4.69) is 16.0 Å². The van der Waals surface area contributed by atoms with Crippen LogP contribution in [0.15, 0.2) is 36.4 Å². The quantitative estimate of drug-likeness (QED) is 0.754. The van der Waals surface area contributed by atoms with E-state index < -0.39 is 0 Å². The van der Waals surface area contributed by atoms with Crippen LogP contribution in [-0.4, -0.2) is 29.9 Å². The lowest BCUT2D eigenvalue weighted by molar-refractivity contribution is -0.114. The van der Waals surface area contributed by atoms with Gasteiger partial charge < -0.3 is 20.7 Å². The number of anilines is 1. The number of hydrogen-bond acceptors (Lipinski definition) is 5. The van der Waals surface area contributed by atoms with E-state index in [9.17, 15) is 9.59 Å². The van der Waals surface area contributed by atoms with Crippen molar-refractivity contribution in [2.45, 2.75) is 44.3 Å². The number of rotatable bonds is 5. The summed E-state index contributed by atoms with van der Waals surface area (Å²) in [5.74, 6) is 0.508. The number of thiophene rings is 1. The molecule has 7 heteroatoms. The first kappa shape index (κ1) is 17.1. The van der Waals surface area contributed by atoms with Crippen molar-refractivity contribution >= 4 is 28.8 Å². The molecule has 26 heavy (non-hydrogen) atoms. The van der Waals surface area contributed by atoms with E-state index in [1.54, 1.807) is 36.4 Å². The van der Waals surface area contributed by atoms with Crippen LogP contribution in [0.25, 0.3) is 0 Å². The molecule has 2 amide bonds. The normalized spacial score (nSPS) is 23.7. The van der Waals surface area contributed by atoms with Gasteiger partial charge in [0.2, 0.25) is 5.91 Å². The van der Waals surface area contributed by atoms with Crippen LogP contribution in [0.5, 0.6) is 10.8 Å². The Labute approximate surface area is 155 Å². The summed E-state index contributed by atoms with van der Waals surface area (Å²) in [7, 11) is 0. The van der Waals surface area contributed by atoms with Gasteiger partial charge in [0.15, 0.2) is 5.06 Å². The fraction of sp³-hybridized carbons (Fsp3) is 0.368. The van der Waals surface area contributed by atoms with Crippen LogP contribution in [0.4, 0.5) is 5.69 Å². The molecule has 4 rings (SSSR count). The number of hydrogen-bond donors (Lipinski definition) is 3. The summed E-state index contributed by atoms with van der Waals surface area (Å²) in [6.07, 6.45) is 3.38. The minimum atomic E-state index is -0.113. The van der Waals surface area contributed by atoms with Gasteiger partial charge in [-0.2, -0.15) is 0 Å². The zero-order valence-corrected chi connectivity index (χ0v) is 15.3. The van der Waals surface area contributed by atoms with Gasteiger partial charge in [-0.05, 0) is 55.7 Å². The van der Waals surface area contributed by atoms with Crippen LogP contribution in [0.2, 0.25) is 0 Å². The Balaban J connectivity index is 1.35. The molecular formula is C19H21N3O3S. The first-order chi connectivity index (χ1) is 12.6. The first-order valence-electron chi connectivity index (χ1n) is 8.79. The molecule has 3 atom stereocenters. The largest absolute Gasteiger partial charge is 0.447 e. The molecule has 0 radical (unpaired) electrons. The number of carbonyl (C=O) groups excluding carboxylic acids is 2. The molecule has 3 N–H and O–H groups in total. The number of benzene rings is 1. The van der Waals surface area contributed by atoms with Gasteiger partial charge in [-0.1, -0.05) is 11.3 Å².